The maximum absolute atomic E-state index is 7.50. The molecule has 0 unspecified atom stereocenters. The van der Waals surface area contributed by atoms with E-state index < -0.39 is 0 Å². The van der Waals surface area contributed by atoms with Crippen molar-refractivity contribution in [2.24, 2.45) is 0 Å². The molecule has 0 aliphatic heterocycles. The van der Waals surface area contributed by atoms with Gasteiger partial charge >= 0.3 is 67.8 Å². The second-order valence-corrected chi connectivity index (χ2v) is 2.88. The molecule has 8 heteroatoms. The molecule has 0 saturated heterocycles. The van der Waals surface area contributed by atoms with E-state index in [2.05, 4.69) is 96.0 Å². The Bertz CT molecular complexity index is 417. The van der Waals surface area contributed by atoms with Crippen LogP contribution in [-0.2, 0) is 62.3 Å². The smallest absolute Gasteiger partial charge is 0.00859 e. The third-order valence-corrected chi connectivity index (χ3v) is 2.03. The molecule has 0 spiro atoms. The summed E-state index contributed by atoms with van der Waals surface area (Å²) in [5.41, 5.74) is 1.39. The van der Waals surface area contributed by atoms with Crippen molar-refractivity contribution >= 4 is 0 Å². The van der Waals surface area contributed by atoms with Gasteiger partial charge in [0, 0.05) is 40.3 Å². The van der Waals surface area contributed by atoms with Crippen LogP contribution in [0.1, 0.15) is 6.42 Å². The van der Waals surface area contributed by atoms with Crippen LogP contribution in [0, 0.1) is 71.5 Å². The largest absolute Gasteiger partial charge is 0.0804 e. The van der Waals surface area contributed by atoms with Crippen LogP contribution in [0.4, 0.5) is 0 Å². The van der Waals surface area contributed by atoms with E-state index in [-0.39, 0.29) is 34.4 Å². The third-order valence-electron chi connectivity index (χ3n) is 2.03. The summed E-state index contributed by atoms with van der Waals surface area (Å²) in [6.07, 6.45) is 20.1. The molecule has 0 amide bonds. The molecule has 2 rings (SSSR count). The van der Waals surface area contributed by atoms with Gasteiger partial charge in [-0.05, 0) is 32.1 Å². The maximum atomic E-state index is 7.50. The van der Waals surface area contributed by atoms with Crippen molar-refractivity contribution in [2.75, 3.05) is 0 Å². The zero-order valence-corrected chi connectivity index (χ0v) is 15.6. The molecule has 6 radical (unpaired) electrons. The summed E-state index contributed by atoms with van der Waals surface area (Å²) in [5.74, 6) is 1.34. The van der Waals surface area contributed by atoms with Crippen molar-refractivity contribution in [3.8, 4) is 0 Å². The number of hydrogen-bond donors (Lipinski definition) is 0. The standard InChI is InChI=1S/C12H11.6CO.Cr.Mn/c1-2-4-8-11(7-3-1)12-9-5-6-10-12;6*1-2;;/h1-7,9-10H,8H2;;;;;;;;. The second-order valence-electron chi connectivity index (χ2n) is 2.88. The Labute approximate surface area is 176 Å². The second kappa shape index (κ2) is 56.5. The molecular weight excluding hydrogens is 419 g/mol. The van der Waals surface area contributed by atoms with Gasteiger partial charge in [-0.2, -0.15) is 0 Å². The van der Waals surface area contributed by atoms with Crippen LogP contribution in [0.3, 0.4) is 0 Å². The molecule has 132 valence electrons. The Morgan fingerprint density at radius 3 is 1.38 bits per heavy atom. The third kappa shape index (κ3) is 30.6. The molecule has 0 aromatic heterocycles. The fourth-order valence-electron chi connectivity index (χ4n) is 1.38. The predicted octanol–water partition coefficient (Wildman–Crippen LogP) is 2.60. The van der Waals surface area contributed by atoms with Crippen LogP contribution in [0.15, 0.2) is 36.0 Å². The predicted molar refractivity (Wildman–Crippen MR) is 75.0 cm³/mol. The van der Waals surface area contributed by atoms with Gasteiger partial charge in [0.15, 0.2) is 0 Å². The Hall–Kier alpha value is -1.29. The summed E-state index contributed by atoms with van der Waals surface area (Å²) in [7, 11) is 0. The average molecular weight is 430 g/mol. The average Bonchev–Trinajstić information content (AvgIpc) is 3.14. The SMILES string of the molecule is [C-]#[O+].[C-]#[O+].[C-]#[O+].[C-]#[O+].[C-]#[O+].[C-]#[O+].[CH]1[CH][CH][C](C2=CC=CC=CC2)[CH]1.[Cr].[Mn]. The van der Waals surface area contributed by atoms with Gasteiger partial charge in [0.25, 0.3) is 0 Å². The minimum Gasteiger partial charge on any atom is -0.0804 e. The molecule has 0 aromatic rings. The van der Waals surface area contributed by atoms with Crippen LogP contribution < -0.4 is 0 Å². The minimum atomic E-state index is 0. The molecule has 0 aromatic carbocycles. The van der Waals surface area contributed by atoms with Crippen LogP contribution in [-0.4, -0.2) is 0 Å². The zero-order valence-electron chi connectivity index (χ0n) is 13.1. The monoisotopic (exact) mass is 430 g/mol. The fraction of sp³-hybridized carbons (Fsp3) is 0.0556. The van der Waals surface area contributed by atoms with Crippen molar-refractivity contribution in [1.29, 1.82) is 0 Å². The maximum Gasteiger partial charge on any atom is 0.00859 e. The topological polar surface area (TPSA) is 119 Å². The minimum absolute atomic E-state index is 0. The van der Waals surface area contributed by atoms with Gasteiger partial charge in [-0.3, -0.25) is 0 Å². The van der Waals surface area contributed by atoms with E-state index in [1.165, 1.54) is 11.5 Å². The number of allylic oxidation sites excluding steroid dienone is 6. The first-order chi connectivity index (χ1) is 12.0. The van der Waals surface area contributed by atoms with Gasteiger partial charge in [0.2, 0.25) is 0 Å². The number of rotatable bonds is 1. The van der Waals surface area contributed by atoms with E-state index in [0.717, 1.165) is 6.42 Å². The first kappa shape index (κ1) is 44.3. The van der Waals surface area contributed by atoms with Gasteiger partial charge < -0.3 is 0 Å². The van der Waals surface area contributed by atoms with Crippen molar-refractivity contribution in [2.45, 2.75) is 6.42 Å². The quantitative estimate of drug-likeness (QED) is 0.345. The first-order valence-corrected chi connectivity index (χ1v) is 5.44. The van der Waals surface area contributed by atoms with Gasteiger partial charge in [-0.15, -0.1) is 0 Å². The molecule has 0 N–H and O–H groups in total. The van der Waals surface area contributed by atoms with Crippen LogP contribution in [0.25, 0.3) is 0 Å². The zero-order chi connectivity index (χ0) is 20.2. The van der Waals surface area contributed by atoms with Crippen molar-refractivity contribution in [1.82, 2.24) is 0 Å². The first-order valence-electron chi connectivity index (χ1n) is 5.44. The molecule has 1 saturated carbocycles. The molecule has 0 bridgehead atoms. The summed E-state index contributed by atoms with van der Waals surface area (Å²) in [6, 6.07) is 0. The van der Waals surface area contributed by atoms with E-state index in [1.54, 1.807) is 0 Å². The van der Waals surface area contributed by atoms with Gasteiger partial charge in [0.1, 0.15) is 0 Å². The molecular formula is C18H11CrMnO6. The fourth-order valence-corrected chi connectivity index (χ4v) is 1.38. The van der Waals surface area contributed by atoms with Gasteiger partial charge in [0.05, 0.1) is 0 Å². The Morgan fingerprint density at radius 2 is 1.00 bits per heavy atom. The van der Waals surface area contributed by atoms with E-state index in [1.807, 2.05) is 0 Å². The molecule has 0 atom stereocenters. The summed E-state index contributed by atoms with van der Waals surface area (Å²) in [5, 5.41) is 0. The summed E-state index contributed by atoms with van der Waals surface area (Å²) in [6.45, 7) is 27.0. The van der Waals surface area contributed by atoms with Crippen molar-refractivity contribution in [3.63, 3.8) is 0 Å². The van der Waals surface area contributed by atoms with Crippen LogP contribution in [0.5, 0.6) is 0 Å². The van der Waals surface area contributed by atoms with Crippen LogP contribution in [0.2, 0.25) is 0 Å². The molecule has 26 heavy (non-hydrogen) atoms. The summed E-state index contributed by atoms with van der Waals surface area (Å²) >= 11 is 0. The molecule has 0 heterocycles. The Morgan fingerprint density at radius 1 is 0.615 bits per heavy atom. The molecule has 2 aliphatic carbocycles. The summed E-state index contributed by atoms with van der Waals surface area (Å²) in [4.78, 5) is 0. The van der Waals surface area contributed by atoms with Crippen molar-refractivity contribution < 1.29 is 62.3 Å². The normalized spacial score (nSPS) is 11.6. The molecule has 6 nitrogen and oxygen atoms in total. The van der Waals surface area contributed by atoms with Crippen LogP contribution >= 0.6 is 0 Å². The van der Waals surface area contributed by atoms with Gasteiger partial charge in [-0.25, -0.2) is 0 Å². The molecule has 1 fully saturated rings. The Balaban J connectivity index is -0.0000000448. The van der Waals surface area contributed by atoms with E-state index in [4.69, 9.17) is 27.9 Å². The molecule has 2 aliphatic rings. The van der Waals surface area contributed by atoms with E-state index >= 15 is 0 Å². The van der Waals surface area contributed by atoms with E-state index in [0.29, 0.717) is 0 Å². The summed E-state index contributed by atoms with van der Waals surface area (Å²) < 4.78 is 45.0. The Kier molecular flexibility index (Phi) is 96.3. The van der Waals surface area contributed by atoms with Crippen molar-refractivity contribution in [3.05, 3.63) is 107 Å². The van der Waals surface area contributed by atoms with Gasteiger partial charge in [-0.1, -0.05) is 36.0 Å². The number of hydrogen-bond acceptors (Lipinski definition) is 0. The van der Waals surface area contributed by atoms with E-state index in [9.17, 15) is 0 Å².